The van der Waals surface area contributed by atoms with Gasteiger partial charge in [-0.1, -0.05) is 262 Å². The van der Waals surface area contributed by atoms with Gasteiger partial charge in [0.05, 0.1) is 25.4 Å². The van der Waals surface area contributed by atoms with Crippen molar-refractivity contribution < 1.29 is 24.5 Å². The molecule has 6 nitrogen and oxygen atoms in total. The number of ether oxygens (including phenoxy) is 1. The Bertz CT molecular complexity index is 1060. The predicted molar refractivity (Wildman–Crippen MR) is 283 cm³/mol. The van der Waals surface area contributed by atoms with Crippen LogP contribution in [0.5, 0.6) is 0 Å². The fourth-order valence-corrected chi connectivity index (χ4v) is 8.72. The lowest BCUT2D eigenvalue weighted by Crippen LogP contribution is -2.45. The molecule has 1 amide bonds. The van der Waals surface area contributed by atoms with Crippen LogP contribution in [0.2, 0.25) is 0 Å². The van der Waals surface area contributed by atoms with Crippen molar-refractivity contribution in [2.24, 2.45) is 0 Å². The molecule has 0 aromatic heterocycles. The van der Waals surface area contributed by atoms with E-state index in [0.717, 1.165) is 64.2 Å². The topological polar surface area (TPSA) is 95.9 Å². The van der Waals surface area contributed by atoms with Gasteiger partial charge >= 0.3 is 5.97 Å². The van der Waals surface area contributed by atoms with Crippen LogP contribution in [0.3, 0.4) is 0 Å². The van der Waals surface area contributed by atoms with Gasteiger partial charge in [-0.15, -0.1) is 0 Å². The molecule has 0 radical (unpaired) electrons. The SMILES string of the molecule is CCCCC/C=C\C/C=C\CCCCCCCCCCCC(=O)OCCCCCCCCCCCCCCCCC(=O)NC(CO)C(O)/C=C/CCCCCCCCCCCCCCC. The number of hydrogen-bond donors (Lipinski definition) is 3. The molecule has 3 N–H and O–H groups in total. The molecule has 0 aromatic carbocycles. The number of nitrogens with one attached hydrogen (secondary N) is 1. The quantitative estimate of drug-likeness (QED) is 0.0321. The molecule has 0 fully saturated rings. The van der Waals surface area contributed by atoms with Crippen LogP contribution in [0.1, 0.15) is 303 Å². The van der Waals surface area contributed by atoms with Gasteiger partial charge in [0.15, 0.2) is 0 Å². The molecule has 0 rings (SSSR count). The normalized spacial score (nSPS) is 12.9. The van der Waals surface area contributed by atoms with Crippen molar-refractivity contribution >= 4 is 11.9 Å². The fourth-order valence-electron chi connectivity index (χ4n) is 8.72. The van der Waals surface area contributed by atoms with Gasteiger partial charge in [0.25, 0.3) is 0 Å². The minimum atomic E-state index is -0.852. The molecule has 65 heavy (non-hydrogen) atoms. The van der Waals surface area contributed by atoms with E-state index < -0.39 is 12.1 Å². The Morgan fingerprint density at radius 2 is 0.769 bits per heavy atom. The second-order valence-electron chi connectivity index (χ2n) is 19.6. The average Bonchev–Trinajstić information content (AvgIpc) is 3.31. The first-order chi connectivity index (χ1) is 32.0. The minimum absolute atomic E-state index is 0.00729. The van der Waals surface area contributed by atoms with Gasteiger partial charge in [0.1, 0.15) is 0 Å². The zero-order chi connectivity index (χ0) is 47.2. The van der Waals surface area contributed by atoms with Gasteiger partial charge in [0, 0.05) is 12.8 Å². The van der Waals surface area contributed by atoms with Gasteiger partial charge in [-0.3, -0.25) is 9.59 Å². The van der Waals surface area contributed by atoms with Crippen LogP contribution in [0, 0.1) is 0 Å². The molecule has 0 aliphatic heterocycles. The van der Waals surface area contributed by atoms with E-state index in [1.165, 1.54) is 212 Å². The lowest BCUT2D eigenvalue weighted by molar-refractivity contribution is -0.143. The molecule has 0 aliphatic carbocycles. The van der Waals surface area contributed by atoms with E-state index in [-0.39, 0.29) is 18.5 Å². The first-order valence-corrected chi connectivity index (χ1v) is 28.8. The van der Waals surface area contributed by atoms with Crippen molar-refractivity contribution in [3.63, 3.8) is 0 Å². The van der Waals surface area contributed by atoms with Crippen LogP contribution >= 0.6 is 0 Å². The number of aliphatic hydroxyl groups excluding tert-OH is 2. The summed E-state index contributed by atoms with van der Waals surface area (Å²) in [4.78, 5) is 24.5. The number of hydrogen-bond acceptors (Lipinski definition) is 5. The summed E-state index contributed by atoms with van der Waals surface area (Å²) in [6.07, 6.45) is 67.2. The number of carbonyl (C=O) groups is 2. The third kappa shape index (κ3) is 51.3. The number of rotatable bonds is 53. The van der Waals surface area contributed by atoms with Crippen LogP contribution in [0.25, 0.3) is 0 Å². The van der Waals surface area contributed by atoms with Gasteiger partial charge in [0.2, 0.25) is 5.91 Å². The van der Waals surface area contributed by atoms with Crippen molar-refractivity contribution in [1.82, 2.24) is 5.32 Å². The molecule has 2 unspecified atom stereocenters. The van der Waals surface area contributed by atoms with Crippen LogP contribution in [-0.2, 0) is 14.3 Å². The van der Waals surface area contributed by atoms with E-state index in [9.17, 15) is 19.8 Å². The Balaban J connectivity index is 3.45. The summed E-state index contributed by atoms with van der Waals surface area (Å²) in [5.41, 5.74) is 0. The maximum Gasteiger partial charge on any atom is 0.305 e. The van der Waals surface area contributed by atoms with E-state index >= 15 is 0 Å². The van der Waals surface area contributed by atoms with E-state index in [1.54, 1.807) is 6.08 Å². The number of allylic oxidation sites excluding steroid dienone is 5. The molecule has 0 heterocycles. The van der Waals surface area contributed by atoms with Gasteiger partial charge in [-0.05, 0) is 64.2 Å². The third-order valence-corrected chi connectivity index (χ3v) is 13.2. The average molecular weight is 915 g/mol. The second kappa shape index (κ2) is 54.7. The highest BCUT2D eigenvalue weighted by Gasteiger charge is 2.18. The monoisotopic (exact) mass is 914 g/mol. The largest absolute Gasteiger partial charge is 0.466 e. The molecule has 0 saturated heterocycles. The number of unbranched alkanes of at least 4 members (excludes halogenated alkanes) is 38. The second-order valence-corrected chi connectivity index (χ2v) is 19.6. The van der Waals surface area contributed by atoms with E-state index in [0.29, 0.717) is 19.4 Å². The molecule has 2 atom stereocenters. The number of aliphatic hydroxyl groups is 2. The van der Waals surface area contributed by atoms with Crippen LogP contribution in [0.4, 0.5) is 0 Å². The zero-order valence-corrected chi connectivity index (χ0v) is 43.5. The first-order valence-electron chi connectivity index (χ1n) is 28.8. The summed E-state index contributed by atoms with van der Waals surface area (Å²) in [6.45, 7) is 4.86. The van der Waals surface area contributed by atoms with Crippen molar-refractivity contribution in [3.05, 3.63) is 36.5 Å². The summed E-state index contributed by atoms with van der Waals surface area (Å²) in [5, 5.41) is 23.1. The van der Waals surface area contributed by atoms with Crippen molar-refractivity contribution in [3.8, 4) is 0 Å². The van der Waals surface area contributed by atoms with Crippen LogP contribution < -0.4 is 5.32 Å². The third-order valence-electron chi connectivity index (χ3n) is 13.2. The van der Waals surface area contributed by atoms with Crippen molar-refractivity contribution in [1.29, 1.82) is 0 Å². The number of carbonyl (C=O) groups excluding carboxylic acids is 2. The highest BCUT2D eigenvalue weighted by atomic mass is 16.5. The standard InChI is InChI=1S/C59H111NO5/c1-3-5-7-9-11-13-15-17-19-20-21-22-24-29-33-37-41-45-49-53-59(64)65-54-50-46-42-38-34-30-26-25-28-32-36-40-44-48-52-58(63)60-56(55-61)57(62)51-47-43-39-35-31-27-23-18-16-14-12-10-8-6-4-2/h11,13,17,19,47,51,56-57,61-62H,3-10,12,14-16,18,20-46,48-50,52-55H2,1-2H3,(H,60,63)/b13-11-,19-17-,51-47+. The van der Waals surface area contributed by atoms with E-state index in [4.69, 9.17) is 4.74 Å². The lowest BCUT2D eigenvalue weighted by Gasteiger charge is -2.20. The van der Waals surface area contributed by atoms with Crippen LogP contribution in [-0.4, -0.2) is 47.4 Å². The van der Waals surface area contributed by atoms with Crippen molar-refractivity contribution in [2.45, 2.75) is 315 Å². The summed E-state index contributed by atoms with van der Waals surface area (Å²) in [5.74, 6) is -0.0853. The molecule has 0 bridgehead atoms. The Hall–Kier alpha value is -1.92. The molecule has 6 heteroatoms. The van der Waals surface area contributed by atoms with Gasteiger partial charge in [-0.2, -0.15) is 0 Å². The predicted octanol–water partition coefficient (Wildman–Crippen LogP) is 17.6. The fraction of sp³-hybridized carbons (Fsp3) is 0.864. The highest BCUT2D eigenvalue weighted by molar-refractivity contribution is 5.76. The van der Waals surface area contributed by atoms with E-state index in [1.807, 2.05) is 6.08 Å². The summed E-state index contributed by atoms with van der Waals surface area (Å²) in [6, 6.07) is -0.636. The zero-order valence-electron chi connectivity index (χ0n) is 43.5. The number of amides is 1. The Labute approximate surface area is 404 Å². The molecule has 0 spiro atoms. The minimum Gasteiger partial charge on any atom is -0.466 e. The highest BCUT2D eigenvalue weighted by Crippen LogP contribution is 2.16. The molecule has 0 saturated carbocycles. The molecule has 0 aromatic rings. The Morgan fingerprint density at radius 3 is 1.20 bits per heavy atom. The smallest absolute Gasteiger partial charge is 0.305 e. The van der Waals surface area contributed by atoms with Crippen LogP contribution in [0.15, 0.2) is 36.5 Å². The number of esters is 1. The maximum atomic E-state index is 12.4. The Morgan fingerprint density at radius 1 is 0.431 bits per heavy atom. The van der Waals surface area contributed by atoms with E-state index in [2.05, 4.69) is 43.5 Å². The van der Waals surface area contributed by atoms with Gasteiger partial charge < -0.3 is 20.3 Å². The summed E-state index contributed by atoms with van der Waals surface area (Å²) >= 11 is 0. The molecular formula is C59H111NO5. The lowest BCUT2D eigenvalue weighted by atomic mass is 10.0. The molecule has 0 aliphatic rings. The summed E-state index contributed by atoms with van der Waals surface area (Å²) in [7, 11) is 0. The molecular weight excluding hydrogens is 803 g/mol. The summed E-state index contributed by atoms with van der Waals surface area (Å²) < 4.78 is 5.48. The molecule has 382 valence electrons. The Kier molecular flexibility index (Phi) is 53.1. The first kappa shape index (κ1) is 63.1. The van der Waals surface area contributed by atoms with Gasteiger partial charge in [-0.25, -0.2) is 0 Å². The van der Waals surface area contributed by atoms with Crippen molar-refractivity contribution in [2.75, 3.05) is 13.2 Å². The maximum absolute atomic E-state index is 12.4.